The molecule has 1 N–H and O–H groups in total. The molecule has 0 aliphatic rings. The van der Waals surface area contributed by atoms with Crippen LogP contribution in [-0.2, 0) is 13.6 Å². The van der Waals surface area contributed by atoms with E-state index in [1.807, 2.05) is 20.8 Å². The van der Waals surface area contributed by atoms with Gasteiger partial charge in [0.25, 0.3) is 0 Å². The van der Waals surface area contributed by atoms with E-state index in [4.69, 9.17) is 8.85 Å². The van der Waals surface area contributed by atoms with E-state index in [1.54, 1.807) is 0 Å². The molecule has 0 aromatic heterocycles. The fraction of sp³-hybridized carbons (Fsp3) is 0.952. The van der Waals surface area contributed by atoms with Crippen LogP contribution in [0.4, 0.5) is 0 Å². The maximum atomic E-state index is 12.9. The molecule has 0 fully saturated rings. The van der Waals surface area contributed by atoms with Gasteiger partial charge in [0.2, 0.25) is 0 Å². The Kier molecular flexibility index (Phi) is 10.7. The molecule has 162 valence electrons. The molecule has 4 nitrogen and oxygen atoms in total. The van der Waals surface area contributed by atoms with Gasteiger partial charge in [-0.15, -0.1) is 0 Å². The zero-order valence-corrected chi connectivity index (χ0v) is 21.8. The third-order valence-corrected chi connectivity index (χ3v) is 16.0. The van der Waals surface area contributed by atoms with Crippen LogP contribution in [0.5, 0.6) is 0 Å². The number of aliphatic hydroxyl groups excluding tert-OH is 1. The van der Waals surface area contributed by atoms with E-state index in [2.05, 4.69) is 54.6 Å². The van der Waals surface area contributed by atoms with Crippen LogP contribution >= 0.6 is 0 Å². The van der Waals surface area contributed by atoms with Gasteiger partial charge in [0, 0.05) is 18.4 Å². The van der Waals surface area contributed by atoms with Gasteiger partial charge in [0.15, 0.2) is 16.6 Å². The van der Waals surface area contributed by atoms with Gasteiger partial charge < -0.3 is 14.0 Å². The minimum atomic E-state index is -1.88. The van der Waals surface area contributed by atoms with Gasteiger partial charge in [-0.1, -0.05) is 55.4 Å². The summed E-state index contributed by atoms with van der Waals surface area (Å²) in [6, 6.07) is 3.11. The Hall–Kier alpha value is -0.0162. The second-order valence-corrected chi connectivity index (χ2v) is 19.3. The van der Waals surface area contributed by atoms with Gasteiger partial charge in [0.05, 0.1) is 12.2 Å². The Morgan fingerprint density at radius 1 is 1.00 bits per heavy atom. The molecule has 0 saturated carbocycles. The van der Waals surface area contributed by atoms with Gasteiger partial charge in [-0.25, -0.2) is 0 Å². The van der Waals surface area contributed by atoms with Crippen LogP contribution in [0.2, 0.25) is 36.3 Å². The van der Waals surface area contributed by atoms with Crippen molar-refractivity contribution in [2.75, 3.05) is 6.61 Å². The summed E-state index contributed by atoms with van der Waals surface area (Å²) in [5, 5.41) is 10.9. The highest BCUT2D eigenvalue weighted by Gasteiger charge is 2.39. The summed E-state index contributed by atoms with van der Waals surface area (Å²) in [6.07, 6.45) is -1.09. The first-order valence-electron chi connectivity index (χ1n) is 10.7. The van der Waals surface area contributed by atoms with E-state index >= 15 is 0 Å². The highest BCUT2D eigenvalue weighted by Crippen LogP contribution is 2.37. The van der Waals surface area contributed by atoms with Crippen molar-refractivity contribution >= 4 is 22.4 Å². The van der Waals surface area contributed by atoms with Crippen molar-refractivity contribution in [3.05, 3.63) is 0 Å². The van der Waals surface area contributed by atoms with Crippen LogP contribution < -0.4 is 0 Å². The molecule has 27 heavy (non-hydrogen) atoms. The number of hydrogen-bond acceptors (Lipinski definition) is 4. The van der Waals surface area contributed by atoms with Crippen molar-refractivity contribution in [1.29, 1.82) is 0 Å². The minimum Gasteiger partial charge on any atom is -0.416 e. The van der Waals surface area contributed by atoms with Gasteiger partial charge in [-0.3, -0.25) is 4.79 Å². The molecular weight excluding hydrogens is 372 g/mol. The zero-order valence-electron chi connectivity index (χ0n) is 19.8. The first-order valence-corrected chi connectivity index (χ1v) is 16.1. The van der Waals surface area contributed by atoms with Crippen molar-refractivity contribution in [1.82, 2.24) is 0 Å². The first-order chi connectivity index (χ1) is 12.2. The van der Waals surface area contributed by atoms with Gasteiger partial charge in [0.1, 0.15) is 5.78 Å². The summed E-state index contributed by atoms with van der Waals surface area (Å²) >= 11 is 0. The van der Waals surface area contributed by atoms with Gasteiger partial charge in [-0.05, 0) is 43.2 Å². The molecule has 0 aliphatic carbocycles. The number of Topliss-reactive ketones (excluding diaryl/α,β-unsaturated/α-hetero) is 1. The molecule has 0 saturated heterocycles. The molecule has 0 bridgehead atoms. The third kappa shape index (κ3) is 7.39. The lowest BCUT2D eigenvalue weighted by molar-refractivity contribution is -0.132. The number of ketones is 1. The molecule has 0 unspecified atom stereocenters. The fourth-order valence-electron chi connectivity index (χ4n) is 3.12. The third-order valence-electron chi connectivity index (χ3n) is 6.80. The molecule has 0 spiro atoms. The van der Waals surface area contributed by atoms with Gasteiger partial charge >= 0.3 is 0 Å². The average Bonchev–Trinajstić information content (AvgIpc) is 2.61. The number of aliphatic hydroxyl groups is 1. The largest absolute Gasteiger partial charge is 0.416 e. The predicted octanol–water partition coefficient (Wildman–Crippen LogP) is 5.62. The van der Waals surface area contributed by atoms with Crippen molar-refractivity contribution in [2.45, 2.75) is 111 Å². The Morgan fingerprint density at radius 2 is 1.44 bits per heavy atom. The van der Waals surface area contributed by atoms with Crippen molar-refractivity contribution in [3.63, 3.8) is 0 Å². The number of rotatable bonds is 12. The molecule has 0 aromatic rings. The smallest absolute Gasteiger partial charge is 0.192 e. The lowest BCUT2D eigenvalue weighted by atomic mass is 9.89. The molecule has 0 amide bonds. The standard InChI is InChI=1S/C21H46O4Si2/c1-12-27(13-2,14-3)25-18(6)20(23)17(5)19(22)16(4)15-24-26(10,11)21(7,8)9/h16-18,20,23H,12-15H2,1-11H3/t16-,17+,18-,20-/m0/s1. The van der Waals surface area contributed by atoms with E-state index < -0.39 is 28.7 Å². The SMILES string of the molecule is CC[Si](CC)(CC)O[C@@H](C)[C@@H](O)[C@H](C)C(=O)[C@@H](C)CO[Si](C)(C)C(C)(C)C. The van der Waals surface area contributed by atoms with Crippen LogP contribution in [0.3, 0.4) is 0 Å². The lowest BCUT2D eigenvalue weighted by Crippen LogP contribution is -2.47. The normalized spacial score (nSPS) is 18.1. The quantitative estimate of drug-likeness (QED) is 0.418. The molecule has 0 aliphatic heterocycles. The number of hydrogen-bond donors (Lipinski definition) is 1. The summed E-state index contributed by atoms with van der Waals surface area (Å²) in [6.45, 7) is 23.6. The summed E-state index contributed by atoms with van der Waals surface area (Å²) in [7, 11) is -3.68. The van der Waals surface area contributed by atoms with Crippen LogP contribution in [0.15, 0.2) is 0 Å². The predicted molar refractivity (Wildman–Crippen MR) is 120 cm³/mol. The molecule has 4 atom stereocenters. The summed E-state index contributed by atoms with van der Waals surface area (Å²) in [5.74, 6) is -0.606. The van der Waals surface area contributed by atoms with Crippen molar-refractivity contribution in [2.24, 2.45) is 11.8 Å². The molecule has 0 rings (SSSR count). The minimum absolute atomic E-state index is 0.0634. The zero-order chi connectivity index (χ0) is 21.6. The number of carbonyl (C=O) groups is 1. The Morgan fingerprint density at radius 3 is 1.81 bits per heavy atom. The Balaban J connectivity index is 4.91. The summed E-state index contributed by atoms with van der Waals surface area (Å²) in [4.78, 5) is 12.9. The average molecular weight is 419 g/mol. The van der Waals surface area contributed by atoms with Gasteiger partial charge in [-0.2, -0.15) is 0 Å². The topological polar surface area (TPSA) is 55.8 Å². The first kappa shape index (κ1) is 27.0. The van der Waals surface area contributed by atoms with E-state index in [0.717, 1.165) is 18.1 Å². The second-order valence-electron chi connectivity index (χ2n) is 9.72. The molecule has 6 heteroatoms. The Bertz CT molecular complexity index is 447. The maximum absolute atomic E-state index is 12.9. The van der Waals surface area contributed by atoms with Crippen molar-refractivity contribution in [3.8, 4) is 0 Å². The molecule has 0 aromatic carbocycles. The summed E-state index contributed by atoms with van der Waals surface area (Å²) < 4.78 is 12.6. The highest BCUT2D eigenvalue weighted by molar-refractivity contribution is 6.74. The lowest BCUT2D eigenvalue weighted by Gasteiger charge is -2.37. The molecule has 0 heterocycles. The fourth-order valence-corrected chi connectivity index (χ4v) is 7.15. The van der Waals surface area contributed by atoms with E-state index in [0.29, 0.717) is 6.61 Å². The monoisotopic (exact) mass is 418 g/mol. The molecule has 0 radical (unpaired) electrons. The van der Waals surface area contributed by atoms with Crippen LogP contribution in [-0.4, -0.2) is 46.3 Å². The van der Waals surface area contributed by atoms with E-state index in [-0.39, 0.29) is 22.8 Å². The van der Waals surface area contributed by atoms with E-state index in [9.17, 15) is 9.90 Å². The van der Waals surface area contributed by atoms with Crippen LogP contribution in [0.25, 0.3) is 0 Å². The van der Waals surface area contributed by atoms with Crippen LogP contribution in [0, 0.1) is 11.8 Å². The maximum Gasteiger partial charge on any atom is 0.192 e. The Labute approximate surface area is 170 Å². The second kappa shape index (κ2) is 10.7. The van der Waals surface area contributed by atoms with Crippen LogP contribution in [0.1, 0.15) is 62.3 Å². The molecular formula is C21H46O4Si2. The van der Waals surface area contributed by atoms with E-state index in [1.165, 1.54) is 0 Å². The summed E-state index contributed by atoms with van der Waals surface area (Å²) in [5.41, 5.74) is 0. The number of carbonyl (C=O) groups excluding carboxylic acids is 1. The van der Waals surface area contributed by atoms with Crippen molar-refractivity contribution < 1.29 is 18.8 Å². The highest BCUT2D eigenvalue weighted by atomic mass is 28.4.